The normalized spacial score (nSPS) is 12.1. The standard InChI is InChI=1S/C12H15N5O2S/c1-4-5-17-7-13-15-12(17)20-9(3)11(18)14-10-6-8(2)19-16-10/h4,6-7,9H,1,5H2,2-3H3,(H,14,16,18). The lowest BCUT2D eigenvalue weighted by molar-refractivity contribution is -0.115. The Labute approximate surface area is 120 Å². The minimum atomic E-state index is -0.334. The summed E-state index contributed by atoms with van der Waals surface area (Å²) in [6.45, 7) is 7.82. The maximum Gasteiger partial charge on any atom is 0.238 e. The van der Waals surface area contributed by atoms with Gasteiger partial charge in [-0.1, -0.05) is 23.0 Å². The van der Waals surface area contributed by atoms with Crippen LogP contribution in [0.2, 0.25) is 0 Å². The highest BCUT2D eigenvalue weighted by Gasteiger charge is 2.18. The molecule has 1 unspecified atom stereocenters. The smallest absolute Gasteiger partial charge is 0.238 e. The second-order valence-corrected chi connectivity index (χ2v) is 5.43. The first-order chi connectivity index (χ1) is 9.60. The lowest BCUT2D eigenvalue weighted by Crippen LogP contribution is -2.23. The van der Waals surface area contributed by atoms with E-state index in [1.165, 1.54) is 11.8 Å². The van der Waals surface area contributed by atoms with Crippen molar-refractivity contribution in [1.29, 1.82) is 0 Å². The number of anilines is 1. The van der Waals surface area contributed by atoms with Crippen molar-refractivity contribution in [3.63, 3.8) is 0 Å². The first-order valence-electron chi connectivity index (χ1n) is 5.99. The second-order valence-electron chi connectivity index (χ2n) is 4.13. The molecule has 0 spiro atoms. The zero-order valence-corrected chi connectivity index (χ0v) is 12.1. The molecule has 0 aliphatic carbocycles. The van der Waals surface area contributed by atoms with Gasteiger partial charge in [0.15, 0.2) is 11.0 Å². The Morgan fingerprint density at radius 1 is 1.70 bits per heavy atom. The Hall–Kier alpha value is -2.09. The third-order valence-corrected chi connectivity index (χ3v) is 3.53. The SMILES string of the molecule is C=CCn1cnnc1SC(C)C(=O)Nc1cc(C)on1. The molecule has 1 amide bonds. The molecule has 106 valence electrons. The highest BCUT2D eigenvalue weighted by Crippen LogP contribution is 2.22. The quantitative estimate of drug-likeness (QED) is 0.646. The van der Waals surface area contributed by atoms with E-state index in [9.17, 15) is 4.79 Å². The van der Waals surface area contributed by atoms with Crippen molar-refractivity contribution in [2.24, 2.45) is 0 Å². The van der Waals surface area contributed by atoms with E-state index >= 15 is 0 Å². The van der Waals surface area contributed by atoms with Gasteiger partial charge in [0.05, 0.1) is 5.25 Å². The number of aromatic nitrogens is 4. The summed E-state index contributed by atoms with van der Waals surface area (Å²) in [5, 5.41) is 14.5. The molecule has 2 rings (SSSR count). The van der Waals surface area contributed by atoms with Gasteiger partial charge in [0.25, 0.3) is 0 Å². The molecule has 0 bridgehead atoms. The maximum absolute atomic E-state index is 12.0. The zero-order chi connectivity index (χ0) is 14.5. The molecule has 0 saturated heterocycles. The highest BCUT2D eigenvalue weighted by atomic mass is 32.2. The molecular weight excluding hydrogens is 278 g/mol. The van der Waals surface area contributed by atoms with E-state index in [1.807, 2.05) is 4.57 Å². The van der Waals surface area contributed by atoms with Gasteiger partial charge in [0.2, 0.25) is 5.91 Å². The predicted molar refractivity (Wildman–Crippen MR) is 75.4 cm³/mol. The average Bonchev–Trinajstić information content (AvgIpc) is 3.00. The zero-order valence-electron chi connectivity index (χ0n) is 11.2. The molecule has 0 saturated carbocycles. The Bertz CT molecular complexity index is 607. The molecule has 0 radical (unpaired) electrons. The molecule has 0 aliphatic rings. The van der Waals surface area contributed by atoms with E-state index in [0.29, 0.717) is 23.3 Å². The molecule has 2 aromatic rings. The van der Waals surface area contributed by atoms with E-state index in [4.69, 9.17) is 4.52 Å². The number of carbonyl (C=O) groups excluding carboxylic acids is 1. The number of thioether (sulfide) groups is 1. The molecule has 2 heterocycles. The van der Waals surface area contributed by atoms with Crippen molar-refractivity contribution >= 4 is 23.5 Å². The first kappa shape index (κ1) is 14.3. The van der Waals surface area contributed by atoms with Gasteiger partial charge in [-0.25, -0.2) is 0 Å². The summed E-state index contributed by atoms with van der Waals surface area (Å²) < 4.78 is 6.71. The Morgan fingerprint density at radius 3 is 3.15 bits per heavy atom. The molecule has 0 aromatic carbocycles. The molecule has 20 heavy (non-hydrogen) atoms. The van der Waals surface area contributed by atoms with Gasteiger partial charge < -0.3 is 14.4 Å². The van der Waals surface area contributed by atoms with Crippen LogP contribution in [-0.4, -0.2) is 31.1 Å². The summed E-state index contributed by atoms with van der Waals surface area (Å²) in [5.74, 6) is 0.885. The summed E-state index contributed by atoms with van der Waals surface area (Å²) in [6, 6.07) is 1.66. The van der Waals surface area contributed by atoms with Gasteiger partial charge in [-0.3, -0.25) is 4.79 Å². The van der Waals surface area contributed by atoms with Crippen LogP contribution in [0.15, 0.2) is 34.7 Å². The van der Waals surface area contributed by atoms with Crippen LogP contribution in [0.4, 0.5) is 5.82 Å². The number of carbonyl (C=O) groups is 1. The molecule has 0 fully saturated rings. The number of amides is 1. The van der Waals surface area contributed by atoms with Crippen LogP contribution in [-0.2, 0) is 11.3 Å². The van der Waals surface area contributed by atoms with Crippen molar-refractivity contribution in [3.05, 3.63) is 30.8 Å². The van der Waals surface area contributed by atoms with E-state index < -0.39 is 0 Å². The van der Waals surface area contributed by atoms with Crippen LogP contribution in [0.25, 0.3) is 0 Å². The van der Waals surface area contributed by atoms with Crippen molar-refractivity contribution in [2.75, 3.05) is 5.32 Å². The Balaban J connectivity index is 1.96. The van der Waals surface area contributed by atoms with Gasteiger partial charge >= 0.3 is 0 Å². The summed E-state index contributed by atoms with van der Waals surface area (Å²) in [7, 11) is 0. The van der Waals surface area contributed by atoms with Crippen LogP contribution in [0.3, 0.4) is 0 Å². The maximum atomic E-state index is 12.0. The van der Waals surface area contributed by atoms with Gasteiger partial charge in [-0.05, 0) is 13.8 Å². The third-order valence-electron chi connectivity index (χ3n) is 2.44. The van der Waals surface area contributed by atoms with Crippen molar-refractivity contribution in [3.8, 4) is 0 Å². The molecule has 1 N–H and O–H groups in total. The number of hydrogen-bond donors (Lipinski definition) is 1. The first-order valence-corrected chi connectivity index (χ1v) is 6.87. The lowest BCUT2D eigenvalue weighted by atomic mass is 10.4. The fourth-order valence-corrected chi connectivity index (χ4v) is 2.30. The van der Waals surface area contributed by atoms with E-state index in [1.54, 1.807) is 32.3 Å². The molecule has 2 aromatic heterocycles. The Kier molecular flexibility index (Phi) is 4.57. The van der Waals surface area contributed by atoms with Crippen LogP contribution < -0.4 is 5.32 Å². The lowest BCUT2D eigenvalue weighted by Gasteiger charge is -2.10. The van der Waals surface area contributed by atoms with E-state index in [2.05, 4.69) is 27.2 Å². The van der Waals surface area contributed by atoms with Gasteiger partial charge in [-0.15, -0.1) is 16.8 Å². The van der Waals surface area contributed by atoms with Crippen LogP contribution in [0, 0.1) is 6.92 Å². The van der Waals surface area contributed by atoms with Crippen LogP contribution in [0.5, 0.6) is 0 Å². The van der Waals surface area contributed by atoms with Gasteiger partial charge in [0, 0.05) is 12.6 Å². The molecule has 0 aliphatic heterocycles. The van der Waals surface area contributed by atoms with Crippen LogP contribution >= 0.6 is 11.8 Å². The predicted octanol–water partition coefficient (Wildman–Crippen LogP) is 1.88. The van der Waals surface area contributed by atoms with Gasteiger partial charge in [-0.2, -0.15) is 0 Å². The second kappa shape index (κ2) is 6.38. The summed E-state index contributed by atoms with van der Waals surface area (Å²) in [4.78, 5) is 12.0. The molecule has 7 nitrogen and oxygen atoms in total. The highest BCUT2D eigenvalue weighted by molar-refractivity contribution is 8.00. The van der Waals surface area contributed by atoms with E-state index in [-0.39, 0.29) is 11.2 Å². The number of rotatable bonds is 6. The van der Waals surface area contributed by atoms with Crippen LogP contribution in [0.1, 0.15) is 12.7 Å². The monoisotopic (exact) mass is 293 g/mol. The minimum Gasteiger partial charge on any atom is -0.360 e. The van der Waals surface area contributed by atoms with Gasteiger partial charge in [0.1, 0.15) is 12.1 Å². The van der Waals surface area contributed by atoms with Crippen molar-refractivity contribution in [2.45, 2.75) is 30.8 Å². The average molecular weight is 293 g/mol. The van der Waals surface area contributed by atoms with Crippen molar-refractivity contribution < 1.29 is 9.32 Å². The number of nitrogens with one attached hydrogen (secondary N) is 1. The Morgan fingerprint density at radius 2 is 2.50 bits per heavy atom. The fourth-order valence-electron chi connectivity index (χ4n) is 1.46. The largest absolute Gasteiger partial charge is 0.360 e. The molecular formula is C12H15N5O2S. The summed E-state index contributed by atoms with van der Waals surface area (Å²) in [6.07, 6.45) is 3.35. The van der Waals surface area contributed by atoms with Crippen molar-refractivity contribution in [1.82, 2.24) is 19.9 Å². The number of hydrogen-bond acceptors (Lipinski definition) is 6. The molecule has 1 atom stereocenters. The fraction of sp³-hybridized carbons (Fsp3) is 0.333. The topological polar surface area (TPSA) is 85.8 Å². The number of nitrogens with zero attached hydrogens (tertiary/aromatic N) is 4. The summed E-state index contributed by atoms with van der Waals surface area (Å²) in [5.41, 5.74) is 0. The van der Waals surface area contributed by atoms with E-state index in [0.717, 1.165) is 0 Å². The number of aryl methyl sites for hydroxylation is 1. The summed E-state index contributed by atoms with van der Waals surface area (Å²) >= 11 is 1.32. The molecule has 8 heteroatoms. The third kappa shape index (κ3) is 3.47. The minimum absolute atomic E-state index is 0.170. The number of allylic oxidation sites excluding steroid dienone is 1.